The minimum absolute atomic E-state index is 0.760. The van der Waals surface area contributed by atoms with E-state index in [1.54, 1.807) is 0 Å². The van der Waals surface area contributed by atoms with Crippen LogP contribution < -0.4 is 5.32 Å². The van der Waals surface area contributed by atoms with Crippen LogP contribution in [0, 0.1) is 29.1 Å². The number of hydrogen-bond acceptors (Lipinski definition) is 2. The van der Waals surface area contributed by atoms with Crippen molar-refractivity contribution < 1.29 is 0 Å². The van der Waals surface area contributed by atoms with E-state index < -0.39 is 0 Å². The van der Waals surface area contributed by atoms with Crippen LogP contribution in [0.3, 0.4) is 0 Å². The molecule has 0 saturated heterocycles. The van der Waals surface area contributed by atoms with Gasteiger partial charge < -0.3 is 5.32 Å². The predicted octanol–water partition coefficient (Wildman–Crippen LogP) is 3.41. The first kappa shape index (κ1) is 10.7. The Kier molecular flexibility index (Phi) is 2.76. The van der Waals surface area contributed by atoms with Crippen LogP contribution in [-0.2, 0) is 0 Å². The number of hydrogen-bond donors (Lipinski definition) is 1. The Balaban J connectivity index is 1.63. The summed E-state index contributed by atoms with van der Waals surface area (Å²) in [4.78, 5) is 0. The average molecular weight is 226 g/mol. The van der Waals surface area contributed by atoms with Crippen molar-refractivity contribution in [2.24, 2.45) is 17.8 Å². The molecule has 2 heteroatoms. The van der Waals surface area contributed by atoms with Crippen molar-refractivity contribution in [1.82, 2.24) is 0 Å². The molecule has 0 spiro atoms. The summed E-state index contributed by atoms with van der Waals surface area (Å²) in [7, 11) is 0. The van der Waals surface area contributed by atoms with Gasteiger partial charge in [-0.2, -0.15) is 5.26 Å². The topological polar surface area (TPSA) is 35.8 Å². The number of nitrogens with one attached hydrogen (secondary N) is 1. The van der Waals surface area contributed by atoms with Crippen molar-refractivity contribution in [1.29, 1.82) is 5.26 Å². The van der Waals surface area contributed by atoms with Crippen molar-refractivity contribution in [3.8, 4) is 6.07 Å². The van der Waals surface area contributed by atoms with Gasteiger partial charge in [-0.15, -0.1) is 0 Å². The van der Waals surface area contributed by atoms with E-state index in [1.165, 1.54) is 25.7 Å². The SMILES string of the molecule is N#Cc1ccccc1NCC1CC2CCC1C2. The summed E-state index contributed by atoms with van der Waals surface area (Å²) in [5.41, 5.74) is 1.76. The molecule has 0 heterocycles. The molecule has 3 rings (SSSR count). The first-order chi connectivity index (χ1) is 8.36. The van der Waals surface area contributed by atoms with Gasteiger partial charge in [0.25, 0.3) is 0 Å². The fourth-order valence-electron chi connectivity index (χ4n) is 3.60. The monoisotopic (exact) mass is 226 g/mol. The quantitative estimate of drug-likeness (QED) is 0.857. The summed E-state index contributed by atoms with van der Waals surface area (Å²) in [5, 5.41) is 12.5. The Morgan fingerprint density at radius 3 is 2.82 bits per heavy atom. The number of nitrogens with zero attached hydrogens (tertiary/aromatic N) is 1. The normalized spacial score (nSPS) is 30.2. The Morgan fingerprint density at radius 1 is 1.24 bits per heavy atom. The van der Waals surface area contributed by atoms with E-state index in [-0.39, 0.29) is 0 Å². The van der Waals surface area contributed by atoms with Gasteiger partial charge in [0.2, 0.25) is 0 Å². The van der Waals surface area contributed by atoms with Gasteiger partial charge >= 0.3 is 0 Å². The van der Waals surface area contributed by atoms with Crippen molar-refractivity contribution in [2.45, 2.75) is 25.7 Å². The van der Waals surface area contributed by atoms with Crippen molar-refractivity contribution in [3.05, 3.63) is 29.8 Å². The second kappa shape index (κ2) is 4.41. The number of para-hydroxylation sites is 1. The number of benzene rings is 1. The average Bonchev–Trinajstić information content (AvgIpc) is 2.98. The molecule has 3 atom stereocenters. The van der Waals surface area contributed by atoms with E-state index in [2.05, 4.69) is 11.4 Å². The Hall–Kier alpha value is -1.49. The van der Waals surface area contributed by atoms with Crippen molar-refractivity contribution in [2.75, 3.05) is 11.9 Å². The highest BCUT2D eigenvalue weighted by Gasteiger charge is 2.39. The van der Waals surface area contributed by atoms with Gasteiger partial charge in [-0.3, -0.25) is 0 Å². The molecule has 2 aliphatic carbocycles. The fraction of sp³-hybridized carbons (Fsp3) is 0.533. The van der Waals surface area contributed by atoms with E-state index in [4.69, 9.17) is 5.26 Å². The van der Waals surface area contributed by atoms with Crippen LogP contribution in [0.25, 0.3) is 0 Å². The maximum absolute atomic E-state index is 9.03. The molecule has 2 fully saturated rings. The summed E-state index contributed by atoms with van der Waals surface area (Å²) in [6, 6.07) is 10.0. The fourth-order valence-corrected chi connectivity index (χ4v) is 3.60. The third kappa shape index (κ3) is 2.02. The minimum atomic E-state index is 0.760. The Labute approximate surface area is 103 Å². The second-order valence-corrected chi connectivity index (χ2v) is 5.47. The first-order valence-electron chi connectivity index (χ1n) is 6.60. The Morgan fingerprint density at radius 2 is 2.12 bits per heavy atom. The van der Waals surface area contributed by atoms with E-state index in [9.17, 15) is 0 Å². The van der Waals surface area contributed by atoms with E-state index >= 15 is 0 Å². The van der Waals surface area contributed by atoms with Crippen LogP contribution >= 0.6 is 0 Å². The van der Waals surface area contributed by atoms with Crippen LogP contribution in [-0.4, -0.2) is 6.54 Å². The Bertz CT molecular complexity index is 446. The second-order valence-electron chi connectivity index (χ2n) is 5.47. The zero-order valence-electron chi connectivity index (χ0n) is 10.0. The predicted molar refractivity (Wildman–Crippen MR) is 68.6 cm³/mol. The van der Waals surface area contributed by atoms with Gasteiger partial charge in [0.15, 0.2) is 0 Å². The van der Waals surface area contributed by atoms with Gasteiger partial charge in [0, 0.05) is 6.54 Å². The summed E-state index contributed by atoms with van der Waals surface area (Å²) in [6.07, 6.45) is 5.73. The van der Waals surface area contributed by atoms with Gasteiger partial charge in [-0.05, 0) is 49.1 Å². The summed E-state index contributed by atoms with van der Waals surface area (Å²) < 4.78 is 0. The molecule has 2 bridgehead atoms. The standard InChI is InChI=1S/C15H18N2/c16-9-13-3-1-2-4-15(13)17-10-14-8-11-5-6-12(14)7-11/h1-4,11-12,14,17H,5-8,10H2. The molecule has 2 saturated carbocycles. The molecule has 3 unspecified atom stereocenters. The lowest BCUT2D eigenvalue weighted by molar-refractivity contribution is 0.348. The van der Waals surface area contributed by atoms with Gasteiger partial charge in [0.1, 0.15) is 6.07 Å². The van der Waals surface area contributed by atoms with Crippen LogP contribution in [0.2, 0.25) is 0 Å². The number of nitriles is 1. The lowest BCUT2D eigenvalue weighted by Gasteiger charge is -2.22. The molecule has 2 aliphatic rings. The molecular weight excluding hydrogens is 208 g/mol. The maximum Gasteiger partial charge on any atom is 0.101 e. The lowest BCUT2D eigenvalue weighted by atomic mass is 9.89. The smallest absolute Gasteiger partial charge is 0.101 e. The molecule has 1 aromatic rings. The van der Waals surface area contributed by atoms with Crippen LogP contribution in [0.4, 0.5) is 5.69 Å². The molecule has 0 aromatic heterocycles. The summed E-state index contributed by atoms with van der Waals surface area (Å²) >= 11 is 0. The molecule has 1 N–H and O–H groups in total. The molecule has 1 aromatic carbocycles. The van der Waals surface area contributed by atoms with Gasteiger partial charge in [0.05, 0.1) is 11.3 Å². The van der Waals surface area contributed by atoms with Gasteiger partial charge in [-0.1, -0.05) is 18.6 Å². The molecule has 17 heavy (non-hydrogen) atoms. The highest BCUT2D eigenvalue weighted by atomic mass is 14.9. The van der Waals surface area contributed by atoms with E-state index in [1.807, 2.05) is 24.3 Å². The summed E-state index contributed by atoms with van der Waals surface area (Å²) in [5.74, 6) is 2.78. The zero-order chi connectivity index (χ0) is 11.7. The van der Waals surface area contributed by atoms with E-state index in [0.717, 1.165) is 35.5 Å². The highest BCUT2D eigenvalue weighted by molar-refractivity contribution is 5.57. The largest absolute Gasteiger partial charge is 0.384 e. The molecule has 0 amide bonds. The van der Waals surface area contributed by atoms with Crippen LogP contribution in [0.5, 0.6) is 0 Å². The molecule has 0 aliphatic heterocycles. The third-order valence-electron chi connectivity index (χ3n) is 4.49. The lowest BCUT2D eigenvalue weighted by Crippen LogP contribution is -2.20. The zero-order valence-corrected chi connectivity index (χ0v) is 10.0. The molecule has 88 valence electrons. The number of rotatable bonds is 3. The van der Waals surface area contributed by atoms with Crippen LogP contribution in [0.15, 0.2) is 24.3 Å². The van der Waals surface area contributed by atoms with E-state index in [0.29, 0.717) is 0 Å². The van der Waals surface area contributed by atoms with Gasteiger partial charge in [-0.25, -0.2) is 0 Å². The summed E-state index contributed by atoms with van der Waals surface area (Å²) in [6.45, 7) is 1.04. The molecular formula is C15H18N2. The van der Waals surface area contributed by atoms with Crippen molar-refractivity contribution in [3.63, 3.8) is 0 Å². The van der Waals surface area contributed by atoms with Crippen LogP contribution in [0.1, 0.15) is 31.2 Å². The molecule has 0 radical (unpaired) electrons. The number of fused-ring (bicyclic) bond motifs is 2. The third-order valence-corrected chi connectivity index (χ3v) is 4.49. The molecule has 2 nitrogen and oxygen atoms in total. The number of anilines is 1. The maximum atomic E-state index is 9.03. The minimum Gasteiger partial charge on any atom is -0.384 e. The first-order valence-corrected chi connectivity index (χ1v) is 6.60. The highest BCUT2D eigenvalue weighted by Crippen LogP contribution is 2.48. The van der Waals surface area contributed by atoms with Crippen molar-refractivity contribution >= 4 is 5.69 Å².